The first kappa shape index (κ1) is 17.3. The molecule has 4 aromatic rings. The summed E-state index contributed by atoms with van der Waals surface area (Å²) < 4.78 is 2.31. The molecular weight excluding hydrogens is 332 g/mol. The van der Waals surface area contributed by atoms with E-state index in [1.165, 1.54) is 21.8 Å². The van der Waals surface area contributed by atoms with E-state index >= 15 is 0 Å². The Balaban J connectivity index is 1.70. The Morgan fingerprint density at radius 3 is 2.33 bits per heavy atom. The Hall–Kier alpha value is -3.07. The lowest BCUT2D eigenvalue weighted by Crippen LogP contribution is -2.20. The lowest BCUT2D eigenvalue weighted by Gasteiger charge is -2.15. The van der Waals surface area contributed by atoms with Crippen molar-refractivity contribution in [3.63, 3.8) is 0 Å². The van der Waals surface area contributed by atoms with Crippen LogP contribution in [0.5, 0.6) is 0 Å². The van der Waals surface area contributed by atoms with Crippen LogP contribution in [0.15, 0.2) is 72.8 Å². The van der Waals surface area contributed by atoms with Gasteiger partial charge >= 0.3 is 0 Å². The number of carbonyl (C=O) groups is 1. The smallest absolute Gasteiger partial charge is 0.231 e. The van der Waals surface area contributed by atoms with E-state index in [0.29, 0.717) is 0 Å². The van der Waals surface area contributed by atoms with E-state index in [1.807, 2.05) is 36.4 Å². The first-order valence-corrected chi connectivity index (χ1v) is 9.59. The molecule has 0 radical (unpaired) electrons. The molecule has 0 aliphatic rings. The number of rotatable bonds is 5. The molecule has 1 atom stereocenters. The third kappa shape index (κ3) is 3.10. The van der Waals surface area contributed by atoms with E-state index in [4.69, 9.17) is 0 Å². The molecule has 3 aromatic carbocycles. The van der Waals surface area contributed by atoms with Gasteiger partial charge in [-0.3, -0.25) is 4.79 Å². The van der Waals surface area contributed by atoms with Crippen LogP contribution >= 0.6 is 0 Å². The SMILES string of the molecule is CC[C@H](C(=O)Nc1ccc2c(c1)c1ccccc1n2CC)c1ccccc1. The number of aryl methyl sites for hydroxylation is 1. The van der Waals surface area contributed by atoms with Gasteiger partial charge < -0.3 is 9.88 Å². The number of carbonyl (C=O) groups excluding carboxylic acids is 1. The van der Waals surface area contributed by atoms with Crippen LogP contribution in [0.2, 0.25) is 0 Å². The molecule has 27 heavy (non-hydrogen) atoms. The van der Waals surface area contributed by atoms with Crippen molar-refractivity contribution in [1.29, 1.82) is 0 Å². The minimum Gasteiger partial charge on any atom is -0.341 e. The second-order valence-electron chi connectivity index (χ2n) is 6.85. The number of para-hydroxylation sites is 1. The van der Waals surface area contributed by atoms with Crippen molar-refractivity contribution in [2.24, 2.45) is 0 Å². The Bertz CT molecular complexity index is 1100. The zero-order valence-electron chi connectivity index (χ0n) is 15.8. The number of amides is 1. The van der Waals surface area contributed by atoms with E-state index in [-0.39, 0.29) is 11.8 Å². The van der Waals surface area contributed by atoms with Gasteiger partial charge in [0.2, 0.25) is 5.91 Å². The molecule has 0 saturated heterocycles. The predicted octanol–water partition coefficient (Wildman–Crippen LogP) is 5.95. The Kier molecular flexibility index (Phi) is 4.68. The average Bonchev–Trinajstić information content (AvgIpc) is 3.02. The van der Waals surface area contributed by atoms with Gasteiger partial charge in [-0.25, -0.2) is 0 Å². The summed E-state index contributed by atoms with van der Waals surface area (Å²) >= 11 is 0. The molecule has 0 bridgehead atoms. The summed E-state index contributed by atoms with van der Waals surface area (Å²) in [6.07, 6.45) is 0.771. The fourth-order valence-electron chi connectivity index (χ4n) is 3.96. The molecular formula is C24H24N2O. The van der Waals surface area contributed by atoms with Crippen LogP contribution in [0, 0.1) is 0 Å². The lowest BCUT2D eigenvalue weighted by atomic mass is 9.95. The second kappa shape index (κ2) is 7.28. The Morgan fingerprint density at radius 1 is 0.889 bits per heavy atom. The highest BCUT2D eigenvalue weighted by molar-refractivity contribution is 6.10. The highest BCUT2D eigenvalue weighted by Crippen LogP contribution is 2.31. The monoisotopic (exact) mass is 356 g/mol. The fourth-order valence-corrected chi connectivity index (χ4v) is 3.96. The third-order valence-corrected chi connectivity index (χ3v) is 5.28. The summed E-state index contributed by atoms with van der Waals surface area (Å²) in [5.74, 6) is -0.0961. The van der Waals surface area contributed by atoms with Crippen molar-refractivity contribution in [1.82, 2.24) is 4.57 Å². The van der Waals surface area contributed by atoms with Gasteiger partial charge in [0.1, 0.15) is 0 Å². The summed E-state index contributed by atoms with van der Waals surface area (Å²) in [6.45, 7) is 5.13. The van der Waals surface area contributed by atoms with Crippen molar-refractivity contribution in [3.05, 3.63) is 78.4 Å². The highest BCUT2D eigenvalue weighted by Gasteiger charge is 2.19. The highest BCUT2D eigenvalue weighted by atomic mass is 16.1. The molecule has 0 fully saturated rings. The quantitative estimate of drug-likeness (QED) is 0.471. The Labute approximate surface area is 159 Å². The molecule has 1 aromatic heterocycles. The molecule has 1 amide bonds. The first-order chi connectivity index (χ1) is 13.2. The van der Waals surface area contributed by atoms with Crippen LogP contribution < -0.4 is 5.32 Å². The van der Waals surface area contributed by atoms with Crippen molar-refractivity contribution in [2.75, 3.05) is 5.32 Å². The normalized spacial score (nSPS) is 12.4. The summed E-state index contributed by atoms with van der Waals surface area (Å²) in [4.78, 5) is 12.9. The van der Waals surface area contributed by atoms with Gasteiger partial charge in [0.25, 0.3) is 0 Å². The first-order valence-electron chi connectivity index (χ1n) is 9.59. The maximum atomic E-state index is 12.9. The topological polar surface area (TPSA) is 34.0 Å². The Morgan fingerprint density at radius 2 is 1.59 bits per heavy atom. The number of hydrogen-bond donors (Lipinski definition) is 1. The van der Waals surface area contributed by atoms with Crippen LogP contribution in [0.25, 0.3) is 21.8 Å². The molecule has 1 N–H and O–H groups in total. The third-order valence-electron chi connectivity index (χ3n) is 5.28. The summed E-state index contributed by atoms with van der Waals surface area (Å²) in [5, 5.41) is 5.53. The number of anilines is 1. The maximum Gasteiger partial charge on any atom is 0.231 e. The summed E-state index contributed by atoms with van der Waals surface area (Å²) in [6, 6.07) is 24.6. The van der Waals surface area contributed by atoms with Crippen molar-refractivity contribution in [2.45, 2.75) is 32.7 Å². The number of benzene rings is 3. The van der Waals surface area contributed by atoms with Crippen LogP contribution in [-0.4, -0.2) is 10.5 Å². The van der Waals surface area contributed by atoms with Crippen molar-refractivity contribution < 1.29 is 4.79 Å². The molecule has 4 rings (SSSR count). The van der Waals surface area contributed by atoms with E-state index in [2.05, 4.69) is 60.1 Å². The average molecular weight is 356 g/mol. The number of nitrogens with zero attached hydrogens (tertiary/aromatic N) is 1. The molecule has 0 spiro atoms. The van der Waals surface area contributed by atoms with Crippen LogP contribution in [0.1, 0.15) is 31.7 Å². The van der Waals surface area contributed by atoms with E-state index in [0.717, 1.165) is 24.2 Å². The second-order valence-corrected chi connectivity index (χ2v) is 6.85. The number of hydrogen-bond acceptors (Lipinski definition) is 1. The summed E-state index contributed by atoms with van der Waals surface area (Å²) in [7, 11) is 0. The minimum absolute atomic E-state index is 0.0438. The predicted molar refractivity (Wildman–Crippen MR) is 113 cm³/mol. The van der Waals surface area contributed by atoms with Crippen LogP contribution in [0.3, 0.4) is 0 Å². The van der Waals surface area contributed by atoms with Crippen molar-refractivity contribution >= 4 is 33.4 Å². The fraction of sp³-hybridized carbons (Fsp3) is 0.208. The van der Waals surface area contributed by atoms with Gasteiger partial charge in [-0.2, -0.15) is 0 Å². The zero-order chi connectivity index (χ0) is 18.8. The number of fused-ring (bicyclic) bond motifs is 3. The molecule has 0 saturated carbocycles. The van der Waals surface area contributed by atoms with Crippen LogP contribution in [0.4, 0.5) is 5.69 Å². The van der Waals surface area contributed by atoms with Gasteiger partial charge in [0, 0.05) is 34.0 Å². The van der Waals surface area contributed by atoms with Gasteiger partial charge in [-0.15, -0.1) is 0 Å². The number of aromatic nitrogens is 1. The molecule has 136 valence electrons. The molecule has 0 unspecified atom stereocenters. The number of nitrogens with one attached hydrogen (secondary N) is 1. The standard InChI is InChI=1S/C24H24N2O/c1-3-19(17-10-6-5-7-11-17)24(27)25-18-14-15-23-21(16-18)20-12-8-9-13-22(20)26(23)4-2/h5-16,19H,3-4H2,1-2H3,(H,25,27)/t19-/m0/s1. The zero-order valence-corrected chi connectivity index (χ0v) is 15.8. The van der Waals surface area contributed by atoms with Crippen molar-refractivity contribution in [3.8, 4) is 0 Å². The maximum absolute atomic E-state index is 12.9. The largest absolute Gasteiger partial charge is 0.341 e. The van der Waals surface area contributed by atoms with Gasteiger partial charge in [-0.05, 0) is 43.2 Å². The molecule has 1 heterocycles. The van der Waals surface area contributed by atoms with Gasteiger partial charge in [0.05, 0.1) is 5.92 Å². The van der Waals surface area contributed by atoms with E-state index < -0.39 is 0 Å². The molecule has 3 heteroatoms. The van der Waals surface area contributed by atoms with Crippen LogP contribution in [-0.2, 0) is 11.3 Å². The van der Waals surface area contributed by atoms with E-state index in [1.54, 1.807) is 0 Å². The molecule has 3 nitrogen and oxygen atoms in total. The van der Waals surface area contributed by atoms with Gasteiger partial charge in [0.15, 0.2) is 0 Å². The molecule has 0 aliphatic heterocycles. The minimum atomic E-state index is -0.140. The van der Waals surface area contributed by atoms with E-state index in [9.17, 15) is 4.79 Å². The lowest BCUT2D eigenvalue weighted by molar-refractivity contribution is -0.117. The molecule has 0 aliphatic carbocycles. The van der Waals surface area contributed by atoms with Gasteiger partial charge in [-0.1, -0.05) is 55.5 Å². The summed E-state index contributed by atoms with van der Waals surface area (Å²) in [5.41, 5.74) is 4.34.